The fraction of sp³-hybridized carbons (Fsp3) is 0.294. The molecule has 3 rings (SSSR count). The van der Waals surface area contributed by atoms with Gasteiger partial charge in [0.25, 0.3) is 0 Å². The summed E-state index contributed by atoms with van der Waals surface area (Å²) in [5.41, 5.74) is 4.00. The molecule has 1 heterocycles. The van der Waals surface area contributed by atoms with Crippen LogP contribution >= 0.6 is 0 Å². The van der Waals surface area contributed by atoms with E-state index in [0.717, 1.165) is 12.5 Å². The van der Waals surface area contributed by atoms with E-state index in [4.69, 9.17) is 0 Å². The molecule has 2 unspecified atom stereocenters. The van der Waals surface area contributed by atoms with Crippen LogP contribution in [0.2, 0.25) is 0 Å². The van der Waals surface area contributed by atoms with Crippen molar-refractivity contribution in [2.75, 3.05) is 6.54 Å². The largest absolute Gasteiger partial charge is 0.310 e. The van der Waals surface area contributed by atoms with Gasteiger partial charge >= 0.3 is 0 Å². The molecule has 18 heavy (non-hydrogen) atoms. The van der Waals surface area contributed by atoms with Crippen LogP contribution in [0.25, 0.3) is 11.1 Å². The average molecular weight is 237 g/mol. The van der Waals surface area contributed by atoms with E-state index in [1.54, 1.807) is 0 Å². The van der Waals surface area contributed by atoms with Gasteiger partial charge in [-0.25, -0.2) is 0 Å². The lowest BCUT2D eigenvalue weighted by Gasteiger charge is -2.11. The first-order valence-corrected chi connectivity index (χ1v) is 6.72. The fourth-order valence-corrected chi connectivity index (χ4v) is 2.70. The molecule has 0 amide bonds. The molecule has 0 saturated carbocycles. The van der Waals surface area contributed by atoms with Crippen molar-refractivity contribution in [2.24, 2.45) is 5.92 Å². The number of nitrogens with one attached hydrogen (secondary N) is 1. The molecule has 1 aliphatic heterocycles. The van der Waals surface area contributed by atoms with Gasteiger partial charge in [0.15, 0.2) is 0 Å². The monoisotopic (exact) mass is 237 g/mol. The van der Waals surface area contributed by atoms with Crippen molar-refractivity contribution in [2.45, 2.75) is 19.4 Å². The molecule has 1 nitrogen and oxygen atoms in total. The van der Waals surface area contributed by atoms with Gasteiger partial charge in [-0.2, -0.15) is 0 Å². The normalized spacial score (nSPS) is 23.2. The molecule has 1 N–H and O–H groups in total. The van der Waals surface area contributed by atoms with Crippen molar-refractivity contribution < 1.29 is 0 Å². The van der Waals surface area contributed by atoms with Crippen LogP contribution in [0.5, 0.6) is 0 Å². The minimum Gasteiger partial charge on any atom is -0.310 e. The van der Waals surface area contributed by atoms with Gasteiger partial charge in [0.1, 0.15) is 0 Å². The van der Waals surface area contributed by atoms with Gasteiger partial charge in [0, 0.05) is 6.04 Å². The van der Waals surface area contributed by atoms with E-state index in [9.17, 15) is 0 Å². The fourth-order valence-electron chi connectivity index (χ4n) is 2.70. The van der Waals surface area contributed by atoms with E-state index in [0.29, 0.717) is 6.04 Å². The summed E-state index contributed by atoms with van der Waals surface area (Å²) in [4.78, 5) is 0. The Bertz CT molecular complexity index is 501. The Morgan fingerprint density at radius 3 is 2.17 bits per heavy atom. The second-order valence-corrected chi connectivity index (χ2v) is 5.29. The molecule has 2 atom stereocenters. The zero-order valence-electron chi connectivity index (χ0n) is 10.8. The molecule has 1 saturated heterocycles. The van der Waals surface area contributed by atoms with Crippen LogP contribution < -0.4 is 5.32 Å². The summed E-state index contributed by atoms with van der Waals surface area (Å²) in [5.74, 6) is 0.795. The molecule has 1 aliphatic rings. The zero-order valence-corrected chi connectivity index (χ0v) is 10.8. The van der Waals surface area contributed by atoms with Gasteiger partial charge < -0.3 is 5.32 Å². The highest BCUT2D eigenvalue weighted by molar-refractivity contribution is 5.63. The lowest BCUT2D eigenvalue weighted by Crippen LogP contribution is -2.13. The molecule has 0 bridgehead atoms. The summed E-state index contributed by atoms with van der Waals surface area (Å²) < 4.78 is 0. The van der Waals surface area contributed by atoms with Crippen LogP contribution in [-0.2, 0) is 0 Å². The second kappa shape index (κ2) is 4.95. The first-order valence-electron chi connectivity index (χ1n) is 6.72. The summed E-state index contributed by atoms with van der Waals surface area (Å²) >= 11 is 0. The summed E-state index contributed by atoms with van der Waals surface area (Å²) in [6.45, 7) is 3.45. The highest BCUT2D eigenvalue weighted by atomic mass is 14.9. The van der Waals surface area contributed by atoms with E-state index in [-0.39, 0.29) is 0 Å². The molecule has 0 aromatic heterocycles. The topological polar surface area (TPSA) is 12.0 Å². The van der Waals surface area contributed by atoms with Crippen molar-refractivity contribution in [3.05, 3.63) is 60.2 Å². The molecule has 0 spiro atoms. The van der Waals surface area contributed by atoms with Crippen molar-refractivity contribution in [1.29, 1.82) is 0 Å². The third-order valence-electron chi connectivity index (χ3n) is 3.77. The summed E-state index contributed by atoms with van der Waals surface area (Å²) in [6.07, 6.45) is 1.25. The summed E-state index contributed by atoms with van der Waals surface area (Å²) in [5, 5.41) is 3.58. The van der Waals surface area contributed by atoms with E-state index >= 15 is 0 Å². The van der Waals surface area contributed by atoms with E-state index in [1.165, 1.54) is 23.1 Å². The maximum absolute atomic E-state index is 3.58. The van der Waals surface area contributed by atoms with Gasteiger partial charge in [-0.05, 0) is 35.6 Å². The Morgan fingerprint density at radius 1 is 0.889 bits per heavy atom. The quantitative estimate of drug-likeness (QED) is 0.831. The van der Waals surface area contributed by atoms with Gasteiger partial charge in [-0.1, -0.05) is 61.5 Å². The predicted octanol–water partition coefficient (Wildman–Crippen LogP) is 4.02. The van der Waals surface area contributed by atoms with E-state index < -0.39 is 0 Å². The number of rotatable bonds is 2. The van der Waals surface area contributed by atoms with E-state index in [2.05, 4.69) is 66.8 Å². The molecule has 0 aliphatic carbocycles. The number of hydrogen-bond acceptors (Lipinski definition) is 1. The van der Waals surface area contributed by atoms with Gasteiger partial charge in [0.2, 0.25) is 0 Å². The first-order chi connectivity index (χ1) is 8.83. The lowest BCUT2D eigenvalue weighted by molar-refractivity contribution is 0.612. The Kier molecular flexibility index (Phi) is 3.16. The molecule has 1 heteroatoms. The van der Waals surface area contributed by atoms with Crippen LogP contribution in [0, 0.1) is 5.92 Å². The third-order valence-corrected chi connectivity index (χ3v) is 3.77. The first kappa shape index (κ1) is 11.5. The van der Waals surface area contributed by atoms with E-state index in [1.807, 2.05) is 0 Å². The molecule has 0 radical (unpaired) electrons. The highest BCUT2D eigenvalue weighted by Gasteiger charge is 2.21. The SMILES string of the molecule is CC1CNC(c2ccc(-c3ccccc3)cc2)C1. The summed E-state index contributed by atoms with van der Waals surface area (Å²) in [7, 11) is 0. The van der Waals surface area contributed by atoms with Crippen LogP contribution in [0.4, 0.5) is 0 Å². The standard InChI is InChI=1S/C17H19N/c1-13-11-17(18-12-13)16-9-7-15(8-10-16)14-5-3-2-4-6-14/h2-10,13,17-18H,11-12H2,1H3. The molecule has 1 fully saturated rings. The Morgan fingerprint density at radius 2 is 1.56 bits per heavy atom. The minimum absolute atomic E-state index is 0.546. The zero-order chi connectivity index (χ0) is 12.4. The van der Waals surface area contributed by atoms with Gasteiger partial charge in [0.05, 0.1) is 0 Å². The Balaban J connectivity index is 1.81. The van der Waals surface area contributed by atoms with Crippen LogP contribution in [0.1, 0.15) is 24.9 Å². The maximum atomic E-state index is 3.58. The third kappa shape index (κ3) is 2.32. The Labute approximate surface area is 109 Å². The number of benzene rings is 2. The van der Waals surface area contributed by atoms with Crippen molar-refractivity contribution in [3.63, 3.8) is 0 Å². The van der Waals surface area contributed by atoms with Crippen molar-refractivity contribution >= 4 is 0 Å². The molecular weight excluding hydrogens is 218 g/mol. The van der Waals surface area contributed by atoms with Crippen molar-refractivity contribution in [1.82, 2.24) is 5.32 Å². The van der Waals surface area contributed by atoms with Gasteiger partial charge in [-0.15, -0.1) is 0 Å². The molecule has 2 aromatic rings. The maximum Gasteiger partial charge on any atom is 0.0323 e. The number of hydrogen-bond donors (Lipinski definition) is 1. The molecular formula is C17H19N. The highest BCUT2D eigenvalue weighted by Crippen LogP contribution is 2.28. The van der Waals surface area contributed by atoms with Crippen LogP contribution in [0.15, 0.2) is 54.6 Å². The Hall–Kier alpha value is -1.60. The summed E-state index contributed by atoms with van der Waals surface area (Å²) in [6, 6.07) is 20.1. The molecule has 2 aromatic carbocycles. The molecule has 92 valence electrons. The van der Waals surface area contributed by atoms with Crippen LogP contribution in [-0.4, -0.2) is 6.54 Å². The average Bonchev–Trinajstić information content (AvgIpc) is 2.87. The predicted molar refractivity (Wildman–Crippen MR) is 76.4 cm³/mol. The smallest absolute Gasteiger partial charge is 0.0323 e. The minimum atomic E-state index is 0.546. The van der Waals surface area contributed by atoms with Gasteiger partial charge in [-0.3, -0.25) is 0 Å². The second-order valence-electron chi connectivity index (χ2n) is 5.29. The van der Waals surface area contributed by atoms with Crippen LogP contribution in [0.3, 0.4) is 0 Å². The van der Waals surface area contributed by atoms with Crippen molar-refractivity contribution in [3.8, 4) is 11.1 Å². The lowest BCUT2D eigenvalue weighted by atomic mass is 9.98.